The van der Waals surface area contributed by atoms with Gasteiger partial charge in [0.05, 0.1) is 6.54 Å². The highest BCUT2D eigenvalue weighted by Gasteiger charge is 1.94. The average molecular weight is 83.1 g/mol. The summed E-state index contributed by atoms with van der Waals surface area (Å²) in [4.78, 5) is 6.68. The van der Waals surface area contributed by atoms with E-state index < -0.39 is 0 Å². The Morgan fingerprint density at radius 2 is 2.67 bits per heavy atom. The highest BCUT2D eigenvalue weighted by molar-refractivity contribution is 5.87. The van der Waals surface area contributed by atoms with E-state index in [1.807, 2.05) is 0 Å². The second-order valence-corrected chi connectivity index (χ2v) is 0.935. The third-order valence-corrected chi connectivity index (χ3v) is 0.510. The van der Waals surface area contributed by atoms with Crippen molar-refractivity contribution >= 4 is 12.2 Å². The Kier molecular flexibility index (Phi) is 0.602. The maximum Gasteiger partial charge on any atom is 0.362 e. The zero-order valence-corrected chi connectivity index (χ0v) is 3.09. The first-order valence-electron chi connectivity index (χ1n) is 1.63. The Balaban J connectivity index is 2.68. The van der Waals surface area contributed by atoms with Gasteiger partial charge in [-0.05, 0) is 0 Å². The van der Waals surface area contributed by atoms with E-state index in [4.69, 9.17) is 0 Å². The van der Waals surface area contributed by atoms with E-state index >= 15 is 0 Å². The van der Waals surface area contributed by atoms with E-state index in [-0.39, 0.29) is 6.02 Å². The van der Waals surface area contributed by atoms with Crippen molar-refractivity contribution < 1.29 is 5.11 Å². The van der Waals surface area contributed by atoms with E-state index in [0.717, 1.165) is 0 Å². The minimum absolute atomic E-state index is 0.352. The monoisotopic (exact) mass is 83.0 g/mol. The molecule has 3 heteroatoms. The first kappa shape index (κ1) is 3.33. The highest BCUT2D eigenvalue weighted by atomic mass is 16.3. The SMILES string of the molecule is [O]C1=NCC=N1. The third-order valence-electron chi connectivity index (χ3n) is 0.510. The molecule has 1 aliphatic heterocycles. The quantitative estimate of drug-likeness (QED) is 0.391. The van der Waals surface area contributed by atoms with Gasteiger partial charge in [0, 0.05) is 6.21 Å². The second kappa shape index (κ2) is 1.08. The van der Waals surface area contributed by atoms with Crippen LogP contribution in [0.4, 0.5) is 0 Å². The molecule has 0 spiro atoms. The number of hydrogen-bond acceptors (Lipinski definition) is 2. The minimum atomic E-state index is -0.352. The van der Waals surface area contributed by atoms with Crippen LogP contribution in [0.15, 0.2) is 9.98 Å². The van der Waals surface area contributed by atoms with Gasteiger partial charge in [-0.25, -0.2) is 15.1 Å². The Morgan fingerprint density at radius 1 is 1.83 bits per heavy atom. The summed E-state index contributed by atoms with van der Waals surface area (Å²) in [6.45, 7) is 0.471. The molecular formula is C3H3N2O. The van der Waals surface area contributed by atoms with Gasteiger partial charge in [-0.3, -0.25) is 0 Å². The van der Waals surface area contributed by atoms with Crippen LogP contribution in [0.2, 0.25) is 0 Å². The van der Waals surface area contributed by atoms with E-state index in [1.54, 1.807) is 0 Å². The van der Waals surface area contributed by atoms with Gasteiger partial charge < -0.3 is 0 Å². The number of aliphatic imine (C=N–C) groups is 2. The fourth-order valence-corrected chi connectivity index (χ4v) is 0.279. The van der Waals surface area contributed by atoms with Crippen molar-refractivity contribution in [3.05, 3.63) is 0 Å². The van der Waals surface area contributed by atoms with Crippen LogP contribution in [0.25, 0.3) is 0 Å². The lowest BCUT2D eigenvalue weighted by molar-refractivity contribution is 0.421. The van der Waals surface area contributed by atoms with Gasteiger partial charge in [0.2, 0.25) is 0 Å². The molecule has 0 aromatic heterocycles. The summed E-state index contributed by atoms with van der Waals surface area (Å²) in [7, 11) is 0. The molecule has 0 N–H and O–H groups in total. The smallest absolute Gasteiger partial charge is 0.244 e. The molecule has 0 amide bonds. The third kappa shape index (κ3) is 0.381. The fourth-order valence-electron chi connectivity index (χ4n) is 0.279. The zero-order valence-electron chi connectivity index (χ0n) is 3.09. The Labute approximate surface area is 35.0 Å². The highest BCUT2D eigenvalue weighted by Crippen LogP contribution is 1.81. The van der Waals surface area contributed by atoms with E-state index in [0.29, 0.717) is 6.54 Å². The van der Waals surface area contributed by atoms with Crippen LogP contribution in [0.1, 0.15) is 0 Å². The molecule has 0 atom stereocenters. The van der Waals surface area contributed by atoms with Gasteiger partial charge in [0.15, 0.2) is 0 Å². The molecule has 31 valence electrons. The average Bonchev–Trinajstić information content (AvgIpc) is 1.86. The van der Waals surface area contributed by atoms with Crippen molar-refractivity contribution in [3.63, 3.8) is 0 Å². The van der Waals surface area contributed by atoms with Crippen LogP contribution in [0, 0.1) is 0 Å². The van der Waals surface area contributed by atoms with E-state index in [2.05, 4.69) is 9.98 Å². The molecule has 1 aliphatic rings. The van der Waals surface area contributed by atoms with Gasteiger partial charge in [-0.15, -0.1) is 0 Å². The molecule has 0 aromatic carbocycles. The van der Waals surface area contributed by atoms with Gasteiger partial charge >= 0.3 is 6.02 Å². The summed E-state index contributed by atoms with van der Waals surface area (Å²) in [5.74, 6) is 0. The largest absolute Gasteiger partial charge is 0.362 e. The first-order chi connectivity index (χ1) is 2.89. The molecule has 0 saturated carbocycles. The molecule has 3 nitrogen and oxygen atoms in total. The molecule has 1 heterocycles. The molecule has 0 bridgehead atoms. The van der Waals surface area contributed by atoms with Crippen LogP contribution in [0.5, 0.6) is 0 Å². The fraction of sp³-hybridized carbons (Fsp3) is 0.333. The van der Waals surface area contributed by atoms with Crippen LogP contribution in [-0.4, -0.2) is 18.8 Å². The predicted molar refractivity (Wildman–Crippen MR) is 21.5 cm³/mol. The minimum Gasteiger partial charge on any atom is -0.244 e. The lowest BCUT2D eigenvalue weighted by Crippen LogP contribution is -1.77. The lowest BCUT2D eigenvalue weighted by atomic mass is 10.8. The molecule has 1 radical (unpaired) electrons. The van der Waals surface area contributed by atoms with Gasteiger partial charge in [-0.1, -0.05) is 0 Å². The molecule has 0 fully saturated rings. The molecule has 0 saturated heterocycles. The van der Waals surface area contributed by atoms with Crippen molar-refractivity contribution in [1.29, 1.82) is 0 Å². The normalized spacial score (nSPS) is 18.3. The summed E-state index contributed by atoms with van der Waals surface area (Å²) in [5, 5.41) is 9.88. The summed E-state index contributed by atoms with van der Waals surface area (Å²) in [5.41, 5.74) is 0. The van der Waals surface area contributed by atoms with Gasteiger partial charge in [-0.2, -0.15) is 0 Å². The molecule has 0 unspecified atom stereocenters. The van der Waals surface area contributed by atoms with Crippen molar-refractivity contribution in [2.75, 3.05) is 6.54 Å². The lowest BCUT2D eigenvalue weighted by Gasteiger charge is -1.64. The molecule has 0 aromatic rings. The molecule has 1 rings (SSSR count). The van der Waals surface area contributed by atoms with Crippen LogP contribution in [0.3, 0.4) is 0 Å². The molecular weight excluding hydrogens is 80.0 g/mol. The Hall–Kier alpha value is -0.860. The number of amidine groups is 1. The van der Waals surface area contributed by atoms with Crippen molar-refractivity contribution in [3.8, 4) is 0 Å². The van der Waals surface area contributed by atoms with E-state index in [1.165, 1.54) is 6.21 Å². The number of hydrogen-bond donors (Lipinski definition) is 0. The van der Waals surface area contributed by atoms with Gasteiger partial charge in [0.1, 0.15) is 0 Å². The predicted octanol–water partition coefficient (Wildman–Crippen LogP) is -0.143. The Bertz CT molecular complexity index is 103. The maximum atomic E-state index is 9.88. The zero-order chi connectivity index (χ0) is 4.41. The van der Waals surface area contributed by atoms with Crippen molar-refractivity contribution in [2.45, 2.75) is 0 Å². The van der Waals surface area contributed by atoms with Crippen LogP contribution < -0.4 is 0 Å². The van der Waals surface area contributed by atoms with E-state index in [9.17, 15) is 5.11 Å². The Morgan fingerprint density at radius 3 is 2.83 bits per heavy atom. The molecule has 0 aliphatic carbocycles. The number of rotatable bonds is 0. The van der Waals surface area contributed by atoms with Crippen LogP contribution in [-0.2, 0) is 5.11 Å². The van der Waals surface area contributed by atoms with Crippen LogP contribution >= 0.6 is 0 Å². The molecule has 6 heavy (non-hydrogen) atoms. The summed E-state index contributed by atoms with van der Waals surface area (Å²) in [6.07, 6.45) is 1.49. The second-order valence-electron chi connectivity index (χ2n) is 0.935. The standard InChI is InChI=1S/C3H3N2O/c6-3-4-1-2-5-3/h1H,2H2. The first-order valence-corrected chi connectivity index (χ1v) is 1.63. The number of nitrogens with zero attached hydrogens (tertiary/aromatic N) is 2. The summed E-state index contributed by atoms with van der Waals surface area (Å²) < 4.78 is 0. The van der Waals surface area contributed by atoms with Crippen molar-refractivity contribution in [2.24, 2.45) is 9.98 Å². The topological polar surface area (TPSA) is 44.6 Å². The summed E-state index contributed by atoms with van der Waals surface area (Å²) in [6, 6.07) is -0.352. The maximum absolute atomic E-state index is 9.88. The summed E-state index contributed by atoms with van der Waals surface area (Å²) >= 11 is 0. The van der Waals surface area contributed by atoms with Gasteiger partial charge in [0.25, 0.3) is 0 Å². The van der Waals surface area contributed by atoms with Crippen molar-refractivity contribution in [1.82, 2.24) is 0 Å².